The summed E-state index contributed by atoms with van der Waals surface area (Å²) in [6.45, 7) is 1.62. The number of hydrogen-bond donors (Lipinski definition) is 2. The number of aromatic hydroxyl groups is 1. The van der Waals surface area contributed by atoms with Crippen LogP contribution >= 0.6 is 23.8 Å². The number of benzene rings is 2. The van der Waals surface area contributed by atoms with E-state index in [9.17, 15) is 20.0 Å². The maximum Gasteiger partial charge on any atom is 0.276 e. The van der Waals surface area contributed by atoms with E-state index in [0.29, 0.717) is 21.8 Å². The summed E-state index contributed by atoms with van der Waals surface area (Å²) in [7, 11) is 0. The van der Waals surface area contributed by atoms with Gasteiger partial charge in [0.1, 0.15) is 5.56 Å². The summed E-state index contributed by atoms with van der Waals surface area (Å²) < 4.78 is 1.29. The molecule has 0 saturated heterocycles. The molecule has 0 aliphatic carbocycles. The standard InChI is InChI=1S/C19H14ClN3O4S/c1-11(14-4-2-3-5-16(14)23(26)27)10-15-17(24)21-19(28)22(18(15)25)13-8-6-12(20)7-9-13/h2-10,25H,1H3,(H,21,24,28). The summed E-state index contributed by atoms with van der Waals surface area (Å²) in [6.07, 6.45) is 1.39. The lowest BCUT2D eigenvalue weighted by Crippen LogP contribution is -2.16. The molecule has 0 bridgehead atoms. The number of rotatable bonds is 4. The van der Waals surface area contributed by atoms with Crippen LogP contribution in [0.2, 0.25) is 5.02 Å². The first kappa shape index (κ1) is 19.5. The van der Waals surface area contributed by atoms with Gasteiger partial charge in [0.05, 0.1) is 16.2 Å². The van der Waals surface area contributed by atoms with Gasteiger partial charge in [0.2, 0.25) is 5.88 Å². The largest absolute Gasteiger partial charge is 0.494 e. The van der Waals surface area contributed by atoms with Gasteiger partial charge in [0.25, 0.3) is 11.2 Å². The average Bonchev–Trinajstić information content (AvgIpc) is 2.66. The Hall–Kier alpha value is -3.23. The molecule has 0 aliphatic rings. The summed E-state index contributed by atoms with van der Waals surface area (Å²) in [5, 5.41) is 22.5. The summed E-state index contributed by atoms with van der Waals surface area (Å²) in [6, 6.07) is 12.7. The van der Waals surface area contributed by atoms with Crippen LogP contribution in [0.5, 0.6) is 5.88 Å². The lowest BCUT2D eigenvalue weighted by Gasteiger charge is -2.12. The van der Waals surface area contributed by atoms with E-state index < -0.39 is 10.5 Å². The van der Waals surface area contributed by atoms with Gasteiger partial charge in [-0.05, 0) is 61.1 Å². The van der Waals surface area contributed by atoms with Gasteiger partial charge < -0.3 is 5.11 Å². The molecule has 0 atom stereocenters. The molecule has 0 amide bonds. The molecule has 0 saturated carbocycles. The lowest BCUT2D eigenvalue weighted by atomic mass is 10.0. The van der Waals surface area contributed by atoms with Crippen molar-refractivity contribution in [1.29, 1.82) is 0 Å². The van der Waals surface area contributed by atoms with Crippen molar-refractivity contribution in [2.45, 2.75) is 6.92 Å². The molecule has 9 heteroatoms. The van der Waals surface area contributed by atoms with Gasteiger partial charge in [-0.1, -0.05) is 23.7 Å². The third kappa shape index (κ3) is 3.73. The molecule has 0 spiro atoms. The van der Waals surface area contributed by atoms with Crippen molar-refractivity contribution in [3.05, 3.63) is 89.9 Å². The zero-order valence-corrected chi connectivity index (χ0v) is 16.1. The average molecular weight is 416 g/mol. The third-order valence-corrected chi connectivity index (χ3v) is 4.63. The number of H-pyrrole nitrogens is 1. The van der Waals surface area contributed by atoms with Crippen LogP contribution in [-0.2, 0) is 0 Å². The van der Waals surface area contributed by atoms with Crippen LogP contribution in [0, 0.1) is 14.9 Å². The fraction of sp³-hybridized carbons (Fsp3) is 0.0526. The molecule has 7 nitrogen and oxygen atoms in total. The highest BCUT2D eigenvalue weighted by Gasteiger charge is 2.17. The van der Waals surface area contributed by atoms with Crippen LogP contribution in [0.1, 0.15) is 18.1 Å². The second-order valence-electron chi connectivity index (χ2n) is 5.91. The molecular weight excluding hydrogens is 402 g/mol. The number of halogens is 1. The zero-order chi connectivity index (χ0) is 20.4. The Bertz CT molecular complexity index is 1210. The van der Waals surface area contributed by atoms with E-state index in [1.165, 1.54) is 16.7 Å². The Labute approximate surface area is 169 Å². The lowest BCUT2D eigenvalue weighted by molar-refractivity contribution is -0.385. The van der Waals surface area contributed by atoms with E-state index in [1.54, 1.807) is 49.4 Å². The number of nitro benzene ring substituents is 1. The molecule has 1 heterocycles. The first-order chi connectivity index (χ1) is 13.3. The van der Waals surface area contributed by atoms with Crippen molar-refractivity contribution in [2.24, 2.45) is 0 Å². The van der Waals surface area contributed by atoms with Crippen molar-refractivity contribution in [1.82, 2.24) is 9.55 Å². The van der Waals surface area contributed by atoms with Crippen molar-refractivity contribution in [3.8, 4) is 11.6 Å². The monoisotopic (exact) mass is 415 g/mol. The minimum absolute atomic E-state index is 0.00492. The zero-order valence-electron chi connectivity index (χ0n) is 14.5. The second kappa shape index (κ2) is 7.79. The maximum atomic E-state index is 12.4. The number of hydrogen-bond acceptors (Lipinski definition) is 5. The molecule has 1 aromatic heterocycles. The first-order valence-corrected chi connectivity index (χ1v) is 8.84. The summed E-state index contributed by atoms with van der Waals surface area (Å²) in [5.41, 5.74) is 0.503. The predicted molar refractivity (Wildman–Crippen MR) is 111 cm³/mol. The highest BCUT2D eigenvalue weighted by molar-refractivity contribution is 7.71. The molecule has 3 rings (SSSR count). The quantitative estimate of drug-likeness (QED) is 0.364. The number of para-hydroxylation sites is 1. The SMILES string of the molecule is CC(=Cc1c(O)n(-c2ccc(Cl)cc2)c(=S)[nH]c1=O)c1ccccc1[N+](=O)[O-]. The number of nitro groups is 1. The van der Waals surface area contributed by atoms with Gasteiger partial charge in [-0.15, -0.1) is 0 Å². The van der Waals surface area contributed by atoms with E-state index in [2.05, 4.69) is 4.98 Å². The van der Waals surface area contributed by atoms with Gasteiger partial charge in [0.15, 0.2) is 4.77 Å². The normalized spacial score (nSPS) is 11.4. The van der Waals surface area contributed by atoms with Crippen LogP contribution in [0.4, 0.5) is 5.69 Å². The summed E-state index contributed by atoms with van der Waals surface area (Å²) in [4.78, 5) is 25.6. The first-order valence-electron chi connectivity index (χ1n) is 8.06. The number of aromatic amines is 1. The maximum absolute atomic E-state index is 12.4. The molecule has 0 unspecified atom stereocenters. The Kier molecular flexibility index (Phi) is 5.43. The molecule has 2 aromatic carbocycles. The Morgan fingerprint density at radius 2 is 1.89 bits per heavy atom. The third-order valence-electron chi connectivity index (χ3n) is 4.09. The number of allylic oxidation sites excluding steroid dienone is 1. The Morgan fingerprint density at radius 1 is 1.25 bits per heavy atom. The van der Waals surface area contributed by atoms with Gasteiger partial charge in [-0.3, -0.25) is 24.5 Å². The van der Waals surface area contributed by atoms with E-state index in [-0.39, 0.29) is 21.9 Å². The van der Waals surface area contributed by atoms with Crippen molar-refractivity contribution >= 4 is 41.2 Å². The molecule has 0 radical (unpaired) electrons. The number of aromatic nitrogens is 2. The Morgan fingerprint density at radius 3 is 2.54 bits per heavy atom. The van der Waals surface area contributed by atoms with Crippen molar-refractivity contribution in [2.75, 3.05) is 0 Å². The molecule has 3 aromatic rings. The van der Waals surface area contributed by atoms with Gasteiger partial charge in [-0.2, -0.15) is 0 Å². The predicted octanol–water partition coefficient (Wildman–Crippen LogP) is 4.72. The van der Waals surface area contributed by atoms with Crippen LogP contribution in [0.15, 0.2) is 53.3 Å². The van der Waals surface area contributed by atoms with E-state index in [4.69, 9.17) is 23.8 Å². The van der Waals surface area contributed by atoms with E-state index in [0.717, 1.165) is 0 Å². The number of nitrogens with zero attached hydrogens (tertiary/aromatic N) is 2. The molecule has 2 N–H and O–H groups in total. The topological polar surface area (TPSA) is 101 Å². The van der Waals surface area contributed by atoms with E-state index in [1.807, 2.05) is 0 Å². The van der Waals surface area contributed by atoms with Crippen molar-refractivity contribution in [3.63, 3.8) is 0 Å². The molecular formula is C19H14ClN3O4S. The summed E-state index contributed by atoms with van der Waals surface area (Å²) >= 11 is 11.1. The van der Waals surface area contributed by atoms with Crippen molar-refractivity contribution < 1.29 is 10.0 Å². The van der Waals surface area contributed by atoms with Gasteiger partial charge >= 0.3 is 0 Å². The highest BCUT2D eigenvalue weighted by atomic mass is 35.5. The fourth-order valence-corrected chi connectivity index (χ4v) is 3.17. The molecule has 0 fully saturated rings. The molecule has 0 aliphatic heterocycles. The fourth-order valence-electron chi connectivity index (χ4n) is 2.76. The minimum atomic E-state index is -0.606. The van der Waals surface area contributed by atoms with Gasteiger partial charge in [0, 0.05) is 11.1 Å². The van der Waals surface area contributed by atoms with Crippen LogP contribution in [-0.4, -0.2) is 19.6 Å². The highest BCUT2D eigenvalue weighted by Crippen LogP contribution is 2.29. The van der Waals surface area contributed by atoms with Crippen LogP contribution in [0.25, 0.3) is 17.3 Å². The number of nitrogens with one attached hydrogen (secondary N) is 1. The van der Waals surface area contributed by atoms with Gasteiger partial charge in [-0.25, -0.2) is 0 Å². The molecule has 142 valence electrons. The Balaban J connectivity index is 2.21. The van der Waals surface area contributed by atoms with Crippen LogP contribution < -0.4 is 5.56 Å². The minimum Gasteiger partial charge on any atom is -0.494 e. The van der Waals surface area contributed by atoms with Crippen LogP contribution in [0.3, 0.4) is 0 Å². The molecule has 28 heavy (non-hydrogen) atoms. The summed E-state index contributed by atoms with van der Waals surface area (Å²) in [5.74, 6) is -0.381. The van der Waals surface area contributed by atoms with E-state index >= 15 is 0 Å². The smallest absolute Gasteiger partial charge is 0.276 e. The second-order valence-corrected chi connectivity index (χ2v) is 6.73.